The lowest BCUT2D eigenvalue weighted by Crippen LogP contribution is -2.05. The molecule has 0 saturated carbocycles. The molecule has 0 N–H and O–H groups in total. The van der Waals surface area contributed by atoms with Crippen LogP contribution in [0.5, 0.6) is 0 Å². The summed E-state index contributed by atoms with van der Waals surface area (Å²) in [6.45, 7) is 1.53. The maximum Gasteiger partial charge on any atom is 0.228 e. The summed E-state index contributed by atoms with van der Waals surface area (Å²) in [4.78, 5) is 11.9. The first-order valence-electron chi connectivity index (χ1n) is 5.75. The molecule has 0 atom stereocenters. The Hall–Kier alpha value is -2.83. The van der Waals surface area contributed by atoms with E-state index in [2.05, 4.69) is 20.6 Å². The van der Waals surface area contributed by atoms with Crippen LogP contribution in [0.25, 0.3) is 27.6 Å². The van der Waals surface area contributed by atoms with E-state index in [9.17, 15) is 4.79 Å². The molecule has 92 valence electrons. The summed E-state index contributed by atoms with van der Waals surface area (Å²) in [6.07, 6.45) is 0. The van der Waals surface area contributed by atoms with Gasteiger partial charge in [-0.15, -0.1) is 14.8 Å². The van der Waals surface area contributed by atoms with E-state index in [4.69, 9.17) is 0 Å². The van der Waals surface area contributed by atoms with Crippen LogP contribution in [0.3, 0.4) is 0 Å². The summed E-state index contributed by atoms with van der Waals surface area (Å²) < 4.78 is 2.99. The van der Waals surface area contributed by atoms with Gasteiger partial charge in [-0.1, -0.05) is 18.2 Å². The lowest BCUT2D eigenvalue weighted by molar-refractivity contribution is 0.0946. The predicted octanol–water partition coefficient (Wildman–Crippen LogP) is 1.29. The van der Waals surface area contributed by atoms with Crippen molar-refractivity contribution in [3.63, 3.8) is 0 Å². The second kappa shape index (κ2) is 3.35. The van der Waals surface area contributed by atoms with Crippen molar-refractivity contribution in [1.29, 1.82) is 0 Å². The molecule has 19 heavy (non-hydrogen) atoms. The molecule has 0 spiro atoms. The number of hydrogen-bond donors (Lipinski definition) is 0. The summed E-state index contributed by atoms with van der Waals surface area (Å²) in [5, 5.41) is 16.5. The second-order valence-electron chi connectivity index (χ2n) is 4.28. The van der Waals surface area contributed by atoms with Gasteiger partial charge in [0.25, 0.3) is 0 Å². The minimum Gasteiger partial charge on any atom is -0.278 e. The number of aromatic nitrogens is 6. The van der Waals surface area contributed by atoms with E-state index >= 15 is 0 Å². The van der Waals surface area contributed by atoms with Gasteiger partial charge in [-0.25, -0.2) is 0 Å². The van der Waals surface area contributed by atoms with Crippen molar-refractivity contribution in [3.8, 4) is 0 Å². The van der Waals surface area contributed by atoms with Crippen LogP contribution in [0, 0.1) is 0 Å². The second-order valence-corrected chi connectivity index (χ2v) is 4.28. The number of rotatable bonds is 0. The molecule has 0 radical (unpaired) electrons. The van der Waals surface area contributed by atoms with E-state index in [1.165, 1.54) is 11.6 Å². The van der Waals surface area contributed by atoms with Crippen molar-refractivity contribution in [2.45, 2.75) is 6.92 Å². The highest BCUT2D eigenvalue weighted by Crippen LogP contribution is 2.27. The van der Waals surface area contributed by atoms with Crippen LogP contribution in [0.1, 0.15) is 11.7 Å². The van der Waals surface area contributed by atoms with Crippen molar-refractivity contribution >= 4 is 33.5 Å². The Balaban J connectivity index is 2.34. The first kappa shape index (κ1) is 10.1. The average Bonchev–Trinajstić information content (AvgIpc) is 2.97. The fourth-order valence-corrected chi connectivity index (χ4v) is 2.38. The number of hydrogen-bond acceptors (Lipinski definition) is 5. The normalized spacial score (nSPS) is 11.6. The van der Waals surface area contributed by atoms with Crippen LogP contribution in [-0.2, 0) is 0 Å². The molecule has 0 aliphatic heterocycles. The first-order valence-corrected chi connectivity index (χ1v) is 5.75. The number of carbonyl (C=O) groups is 1. The van der Waals surface area contributed by atoms with Gasteiger partial charge >= 0.3 is 0 Å². The Labute approximate surface area is 106 Å². The molecular weight excluding hydrogens is 244 g/mol. The molecule has 4 aromatic rings. The summed E-state index contributed by atoms with van der Waals surface area (Å²) in [5.74, 6) is -0.0650. The Morgan fingerprint density at radius 3 is 2.89 bits per heavy atom. The monoisotopic (exact) mass is 252 g/mol. The molecule has 7 nitrogen and oxygen atoms in total. The van der Waals surface area contributed by atoms with E-state index in [0.29, 0.717) is 11.2 Å². The summed E-state index contributed by atoms with van der Waals surface area (Å²) in [6, 6.07) is 9.40. The van der Waals surface area contributed by atoms with Crippen molar-refractivity contribution in [1.82, 2.24) is 29.8 Å². The summed E-state index contributed by atoms with van der Waals surface area (Å²) in [5.41, 5.74) is 2.78. The van der Waals surface area contributed by atoms with Gasteiger partial charge in [0.15, 0.2) is 0 Å². The standard InChI is InChI=1S/C12H8N6O/c1-7(19)17-9-5-3-2-4-8(9)12-10(17)6-11-13-15-16-18(11)14-12/h2-6H,1H3. The number of tetrazole rings is 1. The zero-order valence-corrected chi connectivity index (χ0v) is 9.98. The van der Waals surface area contributed by atoms with E-state index in [1.807, 2.05) is 24.3 Å². The van der Waals surface area contributed by atoms with E-state index in [1.54, 1.807) is 10.6 Å². The van der Waals surface area contributed by atoms with Crippen molar-refractivity contribution < 1.29 is 4.79 Å². The van der Waals surface area contributed by atoms with Gasteiger partial charge in [0.1, 0.15) is 5.52 Å². The molecule has 0 unspecified atom stereocenters. The summed E-state index contributed by atoms with van der Waals surface area (Å²) >= 11 is 0. The first-order chi connectivity index (χ1) is 9.25. The van der Waals surface area contributed by atoms with Crippen LogP contribution < -0.4 is 0 Å². The van der Waals surface area contributed by atoms with E-state index in [0.717, 1.165) is 16.4 Å². The Kier molecular flexibility index (Phi) is 1.78. The van der Waals surface area contributed by atoms with Gasteiger partial charge in [0, 0.05) is 18.4 Å². The van der Waals surface area contributed by atoms with Crippen molar-refractivity contribution in [3.05, 3.63) is 30.3 Å². The molecule has 0 amide bonds. The zero-order valence-electron chi connectivity index (χ0n) is 9.98. The van der Waals surface area contributed by atoms with Crippen LogP contribution in [0.15, 0.2) is 30.3 Å². The third kappa shape index (κ3) is 1.23. The van der Waals surface area contributed by atoms with Crippen molar-refractivity contribution in [2.24, 2.45) is 0 Å². The van der Waals surface area contributed by atoms with Crippen LogP contribution in [-0.4, -0.2) is 35.7 Å². The van der Waals surface area contributed by atoms with Crippen LogP contribution in [0.2, 0.25) is 0 Å². The van der Waals surface area contributed by atoms with Crippen LogP contribution >= 0.6 is 0 Å². The molecule has 0 aliphatic rings. The number of nitrogens with zero attached hydrogens (tertiary/aromatic N) is 6. The predicted molar refractivity (Wildman–Crippen MR) is 67.9 cm³/mol. The molecular formula is C12H8N6O. The van der Waals surface area contributed by atoms with Gasteiger partial charge in [-0.3, -0.25) is 9.36 Å². The minimum atomic E-state index is -0.0650. The molecule has 1 aromatic carbocycles. The van der Waals surface area contributed by atoms with Gasteiger partial charge < -0.3 is 0 Å². The maximum absolute atomic E-state index is 11.9. The molecule has 0 saturated heterocycles. The van der Waals surface area contributed by atoms with Gasteiger partial charge in [-0.2, -0.15) is 0 Å². The average molecular weight is 252 g/mol. The van der Waals surface area contributed by atoms with Gasteiger partial charge in [0.2, 0.25) is 11.6 Å². The Morgan fingerprint density at radius 2 is 2.05 bits per heavy atom. The number of para-hydroxylation sites is 1. The van der Waals surface area contributed by atoms with E-state index < -0.39 is 0 Å². The highest BCUT2D eigenvalue weighted by atomic mass is 16.1. The Morgan fingerprint density at radius 1 is 1.21 bits per heavy atom. The fourth-order valence-electron chi connectivity index (χ4n) is 2.38. The largest absolute Gasteiger partial charge is 0.278 e. The third-order valence-electron chi connectivity index (χ3n) is 3.14. The third-order valence-corrected chi connectivity index (χ3v) is 3.14. The highest BCUT2D eigenvalue weighted by Gasteiger charge is 2.16. The fraction of sp³-hybridized carbons (Fsp3) is 0.0833. The molecule has 0 bridgehead atoms. The zero-order chi connectivity index (χ0) is 13.0. The lowest BCUT2D eigenvalue weighted by Gasteiger charge is -2.00. The lowest BCUT2D eigenvalue weighted by atomic mass is 10.2. The quantitative estimate of drug-likeness (QED) is 0.471. The maximum atomic E-state index is 11.9. The summed E-state index contributed by atoms with van der Waals surface area (Å²) in [7, 11) is 0. The molecule has 7 heteroatoms. The number of fused-ring (bicyclic) bond motifs is 4. The smallest absolute Gasteiger partial charge is 0.228 e. The van der Waals surface area contributed by atoms with E-state index in [-0.39, 0.29) is 5.91 Å². The molecule has 3 aromatic heterocycles. The highest BCUT2D eigenvalue weighted by molar-refractivity contribution is 6.11. The van der Waals surface area contributed by atoms with Gasteiger partial charge in [0.05, 0.1) is 11.0 Å². The molecule has 3 heterocycles. The number of carbonyl (C=O) groups excluding carboxylic acids is 1. The topological polar surface area (TPSA) is 78.0 Å². The molecule has 4 rings (SSSR count). The SMILES string of the molecule is CC(=O)n1c2ccccc2c2nn3nnnc3cc21. The molecule has 0 fully saturated rings. The number of benzene rings is 1. The van der Waals surface area contributed by atoms with Gasteiger partial charge in [-0.05, 0) is 16.5 Å². The minimum absolute atomic E-state index is 0.0650. The Bertz CT molecular complexity index is 951. The van der Waals surface area contributed by atoms with Crippen molar-refractivity contribution in [2.75, 3.05) is 0 Å². The van der Waals surface area contributed by atoms with Crippen LogP contribution in [0.4, 0.5) is 0 Å². The molecule has 0 aliphatic carbocycles.